The fraction of sp³-hybridized carbons (Fsp3) is 0.250. The van der Waals surface area contributed by atoms with Crippen molar-refractivity contribution in [2.24, 2.45) is 0 Å². The van der Waals surface area contributed by atoms with Crippen LogP contribution in [0.5, 0.6) is 5.75 Å². The normalized spacial score (nSPS) is 13.3. The van der Waals surface area contributed by atoms with Crippen molar-refractivity contribution in [3.63, 3.8) is 0 Å². The Hall–Kier alpha value is -2.20. The second-order valence-electron chi connectivity index (χ2n) is 6.77. The molecule has 2 aromatic heterocycles. The molecular formula is C20H15F2InN3O3S. The summed E-state index contributed by atoms with van der Waals surface area (Å²) in [5, 5.41) is 9.32. The molecule has 2 heterocycles. The van der Waals surface area contributed by atoms with Crippen LogP contribution in [0.15, 0.2) is 41.3 Å². The van der Waals surface area contributed by atoms with Crippen molar-refractivity contribution >= 4 is 40.5 Å². The molecule has 1 radical (unpaired) electrons. The molecule has 6 nitrogen and oxygen atoms in total. The molecule has 1 aliphatic rings. The summed E-state index contributed by atoms with van der Waals surface area (Å²) in [7, 11) is 1.39. The summed E-state index contributed by atoms with van der Waals surface area (Å²) in [6, 6.07) is 6.85. The van der Waals surface area contributed by atoms with Crippen molar-refractivity contribution in [1.82, 2.24) is 15.2 Å². The van der Waals surface area contributed by atoms with Gasteiger partial charge in [0.1, 0.15) is 0 Å². The molecule has 0 N–H and O–H groups in total. The molecule has 1 aliphatic carbocycles. The minimum atomic E-state index is -2.78. The SMILES string of the molecule is COc1cnc(C(F)F)cc1-c1cccc(=O)cc1[C](=O)[In][c]1nnc(C2CC2)s1. The number of rotatable bonds is 7. The monoisotopic (exact) mass is 530 g/mol. The van der Waals surface area contributed by atoms with Crippen molar-refractivity contribution in [2.45, 2.75) is 25.2 Å². The molecule has 0 atom stereocenters. The molecule has 151 valence electrons. The van der Waals surface area contributed by atoms with E-state index in [1.165, 1.54) is 48.9 Å². The molecule has 4 rings (SSSR count). The second kappa shape index (κ2) is 8.89. The summed E-state index contributed by atoms with van der Waals surface area (Å²) in [5.74, 6) is 0.702. The van der Waals surface area contributed by atoms with E-state index in [0.717, 1.165) is 20.6 Å². The van der Waals surface area contributed by atoms with Crippen molar-refractivity contribution in [3.05, 3.63) is 63.0 Å². The zero-order chi connectivity index (χ0) is 21.3. The van der Waals surface area contributed by atoms with Gasteiger partial charge in [-0.15, -0.1) is 0 Å². The van der Waals surface area contributed by atoms with Crippen LogP contribution in [0, 0.1) is 0 Å². The Morgan fingerprint density at radius 2 is 2.03 bits per heavy atom. The standard InChI is InChI=1S/C15H10F2NO3.C5H5N2S.In/c1-21-14-7-18-13(15(16)17)6-12(14)11-4-2-3-10(20)5-9(11)8-19;1-2-4(1)5-7-6-3-8-5;/h2-7,15H,1H3;4H,1-2H2;. The molecule has 3 aromatic rings. The first-order valence-electron chi connectivity index (χ1n) is 9.15. The van der Waals surface area contributed by atoms with Crippen molar-refractivity contribution < 1.29 is 18.3 Å². The third-order valence-electron chi connectivity index (χ3n) is 4.63. The predicted molar refractivity (Wildman–Crippen MR) is 109 cm³/mol. The van der Waals surface area contributed by atoms with Crippen LogP contribution in [0.3, 0.4) is 0 Å². The van der Waals surface area contributed by atoms with Crippen LogP contribution < -0.4 is 12.9 Å². The number of carbonyl (C=O) groups excluding carboxylic acids is 1. The van der Waals surface area contributed by atoms with Crippen molar-refractivity contribution in [3.8, 4) is 16.9 Å². The van der Waals surface area contributed by atoms with E-state index in [-0.39, 0.29) is 20.3 Å². The molecule has 0 unspecified atom stereocenters. The molecule has 1 saturated carbocycles. The van der Waals surface area contributed by atoms with Gasteiger partial charge in [-0.3, -0.25) is 0 Å². The Bertz CT molecular complexity index is 1170. The Morgan fingerprint density at radius 3 is 2.73 bits per heavy atom. The van der Waals surface area contributed by atoms with Gasteiger partial charge in [0.15, 0.2) is 0 Å². The zero-order valence-electron chi connectivity index (χ0n) is 15.8. The Labute approximate surface area is 185 Å². The Kier molecular flexibility index (Phi) is 6.24. The van der Waals surface area contributed by atoms with Gasteiger partial charge >= 0.3 is 186 Å². The molecule has 0 aliphatic heterocycles. The summed E-state index contributed by atoms with van der Waals surface area (Å²) in [6.07, 6.45) is 0.622. The number of nitrogens with zero attached hydrogens (tertiary/aromatic N) is 3. The van der Waals surface area contributed by atoms with Crippen LogP contribution >= 0.6 is 11.3 Å². The first kappa shape index (κ1) is 21.0. The number of ether oxygens (including phenoxy) is 1. The van der Waals surface area contributed by atoms with E-state index in [0.29, 0.717) is 17.0 Å². The van der Waals surface area contributed by atoms with E-state index in [1.54, 1.807) is 6.07 Å². The maximum atomic E-state index is 13.2. The summed E-state index contributed by atoms with van der Waals surface area (Å²) in [4.78, 5) is 29.0. The first-order valence-corrected chi connectivity index (χ1v) is 13.3. The number of pyridine rings is 1. The van der Waals surface area contributed by atoms with Crippen molar-refractivity contribution in [2.75, 3.05) is 7.11 Å². The quantitative estimate of drug-likeness (QED) is 0.468. The van der Waals surface area contributed by atoms with Gasteiger partial charge in [0.05, 0.1) is 0 Å². The molecule has 0 bridgehead atoms. The molecule has 0 amide bonds. The van der Waals surface area contributed by atoms with Gasteiger partial charge in [-0.2, -0.15) is 0 Å². The number of carbonyl (C=O) groups is 1. The molecule has 1 aromatic carbocycles. The van der Waals surface area contributed by atoms with Gasteiger partial charge in [-0.05, 0) is 0 Å². The summed E-state index contributed by atoms with van der Waals surface area (Å²) in [5.41, 5.74) is 0.0737. The van der Waals surface area contributed by atoms with Gasteiger partial charge in [-0.25, -0.2) is 0 Å². The first-order chi connectivity index (χ1) is 14.5. The van der Waals surface area contributed by atoms with Gasteiger partial charge in [-0.1, -0.05) is 0 Å². The van der Waals surface area contributed by atoms with E-state index >= 15 is 0 Å². The predicted octanol–water partition coefficient (Wildman–Crippen LogP) is 2.95. The molecule has 30 heavy (non-hydrogen) atoms. The van der Waals surface area contributed by atoms with Crippen LogP contribution in [0.4, 0.5) is 8.78 Å². The van der Waals surface area contributed by atoms with Crippen molar-refractivity contribution in [1.29, 1.82) is 0 Å². The second-order valence-corrected chi connectivity index (χ2v) is 12.9. The third-order valence-corrected chi connectivity index (χ3v) is 10.0. The average molecular weight is 530 g/mol. The molecule has 1 fully saturated rings. The number of halogens is 2. The maximum absolute atomic E-state index is 13.2. The molecule has 0 saturated heterocycles. The molecule has 0 spiro atoms. The van der Waals surface area contributed by atoms with Gasteiger partial charge in [0.25, 0.3) is 0 Å². The summed E-state index contributed by atoms with van der Waals surface area (Å²) in [6.45, 7) is 0. The Morgan fingerprint density at radius 1 is 1.23 bits per heavy atom. The number of methoxy groups -OCH3 is 1. The molecule has 10 heteroatoms. The summed E-state index contributed by atoms with van der Waals surface area (Å²) < 4.78 is 32.3. The van der Waals surface area contributed by atoms with E-state index in [2.05, 4.69) is 15.2 Å². The third kappa shape index (κ3) is 4.59. The van der Waals surface area contributed by atoms with Crippen LogP contribution in [-0.4, -0.2) is 48.7 Å². The fourth-order valence-electron chi connectivity index (χ4n) is 2.98. The van der Waals surface area contributed by atoms with Gasteiger partial charge < -0.3 is 0 Å². The number of hydrogen-bond acceptors (Lipinski definition) is 7. The average Bonchev–Trinajstić information content (AvgIpc) is 3.51. The number of hydrogen-bond donors (Lipinski definition) is 0. The zero-order valence-corrected chi connectivity index (χ0v) is 20.0. The van der Waals surface area contributed by atoms with Gasteiger partial charge in [0, 0.05) is 0 Å². The number of aromatic nitrogens is 3. The van der Waals surface area contributed by atoms with Gasteiger partial charge in [0.2, 0.25) is 0 Å². The van der Waals surface area contributed by atoms with E-state index < -0.39 is 35.0 Å². The van der Waals surface area contributed by atoms with Crippen LogP contribution in [0.1, 0.15) is 46.2 Å². The van der Waals surface area contributed by atoms with E-state index in [4.69, 9.17) is 4.74 Å². The van der Waals surface area contributed by atoms with E-state index in [1.807, 2.05) is 0 Å². The summed E-state index contributed by atoms with van der Waals surface area (Å²) >= 11 is -0.597. The fourth-order valence-corrected chi connectivity index (χ4v) is 8.17. The van der Waals surface area contributed by atoms with Crippen LogP contribution in [-0.2, 0) is 0 Å². The van der Waals surface area contributed by atoms with Crippen LogP contribution in [0.25, 0.3) is 11.1 Å². The minimum absolute atomic E-state index is 0.163. The number of alkyl halides is 2. The molecular weight excluding hydrogens is 515 g/mol. The topological polar surface area (TPSA) is 82.0 Å². The Balaban J connectivity index is 1.78. The van der Waals surface area contributed by atoms with Crippen LogP contribution in [0.2, 0.25) is 0 Å². The van der Waals surface area contributed by atoms with E-state index in [9.17, 15) is 18.4 Å².